The third-order valence-corrected chi connectivity index (χ3v) is 6.54. The lowest BCUT2D eigenvalue weighted by molar-refractivity contribution is -0.177. The molecule has 3 heterocycles. The Kier molecular flexibility index (Phi) is 4.74. The topological polar surface area (TPSA) is 97.0 Å². The Hall–Kier alpha value is -2.52. The van der Waals surface area contributed by atoms with Crippen LogP contribution in [-0.4, -0.2) is 53.7 Å². The molecule has 1 aromatic rings. The van der Waals surface area contributed by atoms with Gasteiger partial charge in [0.25, 0.3) is 5.91 Å². The first-order valence-corrected chi connectivity index (χ1v) is 10.5. The summed E-state index contributed by atoms with van der Waals surface area (Å²) >= 11 is 0. The van der Waals surface area contributed by atoms with E-state index in [9.17, 15) is 18.8 Å². The van der Waals surface area contributed by atoms with Crippen LogP contribution in [0.15, 0.2) is 12.1 Å². The number of piperidine rings is 1. The third kappa shape index (κ3) is 3.35. The van der Waals surface area contributed by atoms with E-state index in [0.29, 0.717) is 24.5 Å². The molecule has 4 aliphatic rings. The molecule has 8 nitrogen and oxygen atoms in total. The monoisotopic (exact) mass is 417 g/mol. The van der Waals surface area contributed by atoms with Crippen LogP contribution in [-0.2, 0) is 25.6 Å². The molecule has 1 atom stereocenters. The quantitative estimate of drug-likeness (QED) is 0.727. The lowest BCUT2D eigenvalue weighted by atomic mass is 9.89. The van der Waals surface area contributed by atoms with Crippen molar-refractivity contribution in [3.8, 4) is 0 Å². The zero-order valence-corrected chi connectivity index (χ0v) is 16.5. The Balaban J connectivity index is 1.33. The summed E-state index contributed by atoms with van der Waals surface area (Å²) in [6.07, 6.45) is 3.63. The summed E-state index contributed by atoms with van der Waals surface area (Å²) in [4.78, 5) is 38.0. The second-order valence-corrected chi connectivity index (χ2v) is 8.41. The molecule has 3 aliphatic heterocycles. The SMILES string of the molecule is O=C1CCC(N2Cc3c(NC4CCC5(CC4)OCCO5)cc(F)cc3C2=O)C(=O)N1. The number of hydrogen-bond donors (Lipinski definition) is 2. The first-order valence-electron chi connectivity index (χ1n) is 10.5. The summed E-state index contributed by atoms with van der Waals surface area (Å²) < 4.78 is 25.8. The molecule has 1 spiro atoms. The van der Waals surface area contributed by atoms with Crippen LogP contribution in [0.3, 0.4) is 0 Å². The van der Waals surface area contributed by atoms with Gasteiger partial charge in [0.15, 0.2) is 5.79 Å². The number of fused-ring (bicyclic) bond motifs is 1. The first kappa shape index (κ1) is 19.4. The number of imide groups is 1. The Labute approximate surface area is 173 Å². The van der Waals surface area contributed by atoms with E-state index >= 15 is 0 Å². The number of nitrogens with one attached hydrogen (secondary N) is 2. The highest BCUT2D eigenvalue weighted by Gasteiger charge is 2.42. The van der Waals surface area contributed by atoms with Gasteiger partial charge < -0.3 is 19.7 Å². The number of carbonyl (C=O) groups excluding carboxylic acids is 3. The van der Waals surface area contributed by atoms with E-state index in [2.05, 4.69) is 10.6 Å². The van der Waals surface area contributed by atoms with Gasteiger partial charge in [0.05, 0.1) is 13.2 Å². The number of ether oxygens (including phenoxy) is 2. The van der Waals surface area contributed by atoms with Crippen molar-refractivity contribution in [1.29, 1.82) is 0 Å². The van der Waals surface area contributed by atoms with Gasteiger partial charge >= 0.3 is 0 Å². The fourth-order valence-corrected chi connectivity index (χ4v) is 4.96. The molecule has 2 N–H and O–H groups in total. The van der Waals surface area contributed by atoms with Crippen LogP contribution >= 0.6 is 0 Å². The average molecular weight is 417 g/mol. The van der Waals surface area contributed by atoms with E-state index in [0.717, 1.165) is 25.7 Å². The zero-order valence-electron chi connectivity index (χ0n) is 16.5. The minimum atomic E-state index is -0.718. The lowest BCUT2D eigenvalue weighted by Gasteiger charge is -2.36. The summed E-state index contributed by atoms with van der Waals surface area (Å²) in [7, 11) is 0. The maximum atomic E-state index is 14.3. The van der Waals surface area contributed by atoms with Crippen LogP contribution in [0, 0.1) is 5.82 Å². The van der Waals surface area contributed by atoms with Gasteiger partial charge in [-0.3, -0.25) is 19.7 Å². The number of hydrogen-bond acceptors (Lipinski definition) is 6. The Morgan fingerprint density at radius 3 is 2.53 bits per heavy atom. The highest BCUT2D eigenvalue weighted by molar-refractivity contribution is 6.06. The molecular weight excluding hydrogens is 393 g/mol. The fraction of sp³-hybridized carbons (Fsp3) is 0.571. The van der Waals surface area contributed by atoms with Crippen LogP contribution in [0.5, 0.6) is 0 Å². The van der Waals surface area contributed by atoms with Crippen molar-refractivity contribution in [3.63, 3.8) is 0 Å². The number of benzene rings is 1. The van der Waals surface area contributed by atoms with Crippen molar-refractivity contribution in [2.75, 3.05) is 18.5 Å². The van der Waals surface area contributed by atoms with E-state index in [1.807, 2.05) is 0 Å². The summed E-state index contributed by atoms with van der Waals surface area (Å²) in [5.41, 5.74) is 1.55. The third-order valence-electron chi connectivity index (χ3n) is 6.54. The normalized spacial score (nSPS) is 26.2. The van der Waals surface area contributed by atoms with Crippen LogP contribution < -0.4 is 10.6 Å². The highest BCUT2D eigenvalue weighted by Crippen LogP contribution is 2.38. The molecule has 3 fully saturated rings. The molecule has 0 radical (unpaired) electrons. The van der Waals surface area contributed by atoms with Crippen LogP contribution in [0.2, 0.25) is 0 Å². The molecule has 9 heteroatoms. The molecule has 160 valence electrons. The lowest BCUT2D eigenvalue weighted by Crippen LogP contribution is -2.52. The van der Waals surface area contributed by atoms with E-state index in [1.54, 1.807) is 0 Å². The van der Waals surface area contributed by atoms with Gasteiger partial charge in [-0.15, -0.1) is 0 Å². The van der Waals surface area contributed by atoms with Gasteiger partial charge in [0.2, 0.25) is 11.8 Å². The largest absolute Gasteiger partial charge is 0.382 e. The molecule has 3 amide bonds. The number of carbonyl (C=O) groups is 3. The van der Waals surface area contributed by atoms with E-state index < -0.39 is 23.6 Å². The summed E-state index contributed by atoms with van der Waals surface area (Å²) in [5.74, 6) is -2.15. The molecular formula is C21H24FN3O5. The Morgan fingerprint density at radius 2 is 1.83 bits per heavy atom. The van der Waals surface area contributed by atoms with E-state index in [4.69, 9.17) is 9.47 Å². The van der Waals surface area contributed by atoms with Crippen LogP contribution in [0.25, 0.3) is 0 Å². The van der Waals surface area contributed by atoms with Crippen LogP contribution in [0.4, 0.5) is 10.1 Å². The van der Waals surface area contributed by atoms with E-state index in [1.165, 1.54) is 17.0 Å². The molecule has 1 aromatic carbocycles. The van der Waals surface area contributed by atoms with Gasteiger partial charge in [-0.25, -0.2) is 4.39 Å². The predicted octanol–water partition coefficient (Wildman–Crippen LogP) is 1.68. The van der Waals surface area contributed by atoms with Crippen molar-refractivity contribution >= 4 is 23.4 Å². The molecule has 1 saturated carbocycles. The first-order chi connectivity index (χ1) is 14.4. The van der Waals surface area contributed by atoms with Gasteiger partial charge in [-0.1, -0.05) is 0 Å². The highest BCUT2D eigenvalue weighted by atomic mass is 19.1. The second kappa shape index (κ2) is 7.31. The van der Waals surface area contributed by atoms with Gasteiger partial charge in [0, 0.05) is 48.7 Å². The van der Waals surface area contributed by atoms with Gasteiger partial charge in [-0.05, 0) is 31.4 Å². The minimum Gasteiger partial charge on any atom is -0.382 e. The van der Waals surface area contributed by atoms with Crippen molar-refractivity contribution in [2.24, 2.45) is 0 Å². The predicted molar refractivity (Wildman–Crippen MR) is 103 cm³/mol. The van der Waals surface area contributed by atoms with Gasteiger partial charge in [0.1, 0.15) is 11.9 Å². The molecule has 0 bridgehead atoms. The molecule has 2 saturated heterocycles. The Morgan fingerprint density at radius 1 is 1.10 bits per heavy atom. The molecule has 5 rings (SSSR count). The molecule has 1 aliphatic carbocycles. The smallest absolute Gasteiger partial charge is 0.255 e. The fourth-order valence-electron chi connectivity index (χ4n) is 4.96. The van der Waals surface area contributed by atoms with Crippen molar-refractivity contribution in [2.45, 2.75) is 62.9 Å². The second-order valence-electron chi connectivity index (χ2n) is 8.41. The van der Waals surface area contributed by atoms with Crippen molar-refractivity contribution in [3.05, 3.63) is 29.1 Å². The molecule has 0 aromatic heterocycles. The summed E-state index contributed by atoms with van der Waals surface area (Å²) in [5, 5.41) is 5.69. The maximum Gasteiger partial charge on any atom is 0.255 e. The number of rotatable bonds is 3. The van der Waals surface area contributed by atoms with Gasteiger partial charge in [-0.2, -0.15) is 0 Å². The average Bonchev–Trinajstić information content (AvgIpc) is 3.30. The minimum absolute atomic E-state index is 0.120. The standard InChI is InChI=1S/C21H24FN3O5/c22-12-9-14-15(11-25(20(14)28)17-1-2-18(26)24-19(17)27)16(10-12)23-13-3-5-21(6-4-13)29-7-8-30-21/h9-10,13,17,23H,1-8,11H2,(H,24,26,27). The number of halogens is 1. The van der Waals surface area contributed by atoms with E-state index in [-0.39, 0.29) is 42.8 Å². The number of anilines is 1. The number of nitrogens with zero attached hydrogens (tertiary/aromatic N) is 1. The van der Waals surface area contributed by atoms with Crippen molar-refractivity contribution < 1.29 is 28.2 Å². The Bertz CT molecular complexity index is 904. The summed E-state index contributed by atoms with van der Waals surface area (Å²) in [6, 6.07) is 2.04. The molecule has 1 unspecified atom stereocenters. The molecule has 30 heavy (non-hydrogen) atoms. The number of amides is 3. The maximum absolute atomic E-state index is 14.3. The summed E-state index contributed by atoms with van der Waals surface area (Å²) in [6.45, 7) is 1.45. The van der Waals surface area contributed by atoms with Crippen molar-refractivity contribution in [1.82, 2.24) is 10.2 Å². The van der Waals surface area contributed by atoms with Crippen LogP contribution in [0.1, 0.15) is 54.4 Å². The zero-order chi connectivity index (χ0) is 20.9.